The second-order valence-corrected chi connectivity index (χ2v) is 8.75. The highest BCUT2D eigenvalue weighted by molar-refractivity contribution is 6.73. The number of nitrogens with zero attached hydrogens (tertiary/aromatic N) is 1. The molecule has 0 amide bonds. The van der Waals surface area contributed by atoms with E-state index in [-0.39, 0.29) is 0 Å². The Labute approximate surface area is 97.8 Å². The van der Waals surface area contributed by atoms with E-state index in [1.807, 2.05) is 0 Å². The van der Waals surface area contributed by atoms with Gasteiger partial charge in [-0.1, -0.05) is 20.8 Å². The first-order chi connectivity index (χ1) is 7.67. The van der Waals surface area contributed by atoms with Crippen LogP contribution in [-0.2, 0) is 4.43 Å². The van der Waals surface area contributed by atoms with E-state index in [0.29, 0.717) is 12.4 Å². The number of aliphatic hydroxyl groups is 1. The van der Waals surface area contributed by atoms with Crippen LogP contribution in [0.25, 0.3) is 0 Å². The molecule has 1 N–H and O–H groups in total. The summed E-state index contributed by atoms with van der Waals surface area (Å²) in [6.45, 7) is 6.82. The molecule has 0 spiro atoms. The van der Waals surface area contributed by atoms with Crippen molar-refractivity contribution in [3.63, 3.8) is 0 Å². The number of hydrogen-bond acceptors (Lipinski definition) is 4. The van der Waals surface area contributed by atoms with Crippen LogP contribution < -0.4 is 0 Å². The third-order valence-electron chi connectivity index (χ3n) is 3.26. The van der Waals surface area contributed by atoms with Crippen LogP contribution >= 0.6 is 0 Å². The highest BCUT2D eigenvalue weighted by atomic mass is 28.4. The molecule has 4 nitrogen and oxygen atoms in total. The van der Waals surface area contributed by atoms with E-state index in [1.54, 1.807) is 0 Å². The summed E-state index contributed by atoms with van der Waals surface area (Å²) in [5, 5.41) is 9.82. The Morgan fingerprint density at radius 1 is 1.38 bits per heavy atom. The van der Waals surface area contributed by atoms with Gasteiger partial charge in [0.2, 0.25) is 0 Å². The Morgan fingerprint density at radius 3 is 2.44 bits per heavy atom. The minimum Gasteiger partial charge on any atom is -0.446 e. The summed E-state index contributed by atoms with van der Waals surface area (Å²) in [6.07, 6.45) is 2.16. The van der Waals surface area contributed by atoms with E-state index >= 15 is 0 Å². The molecule has 0 aliphatic heterocycles. The standard InChI is InChI=1S/C11H21NO3Si/c1-4-16(5-2,6-3)15-8-10(13)11-7-12-9-14-11/h7,9-10,13H,4-6,8H2,1-3H3/t10-/m1/s1. The van der Waals surface area contributed by atoms with Crippen LogP contribution in [0.3, 0.4) is 0 Å². The van der Waals surface area contributed by atoms with Crippen molar-refractivity contribution in [2.24, 2.45) is 0 Å². The predicted octanol–water partition coefficient (Wildman–Crippen LogP) is 2.73. The SMILES string of the molecule is CC[Si](CC)(CC)OC[C@@H](O)c1cnco1. The zero-order valence-electron chi connectivity index (χ0n) is 10.3. The van der Waals surface area contributed by atoms with Crippen molar-refractivity contribution in [2.75, 3.05) is 6.61 Å². The molecular formula is C11H21NO3Si. The van der Waals surface area contributed by atoms with Gasteiger partial charge in [-0.05, 0) is 18.1 Å². The fraction of sp³-hybridized carbons (Fsp3) is 0.727. The molecule has 1 atom stereocenters. The van der Waals surface area contributed by atoms with Gasteiger partial charge in [-0.15, -0.1) is 0 Å². The largest absolute Gasteiger partial charge is 0.446 e. The van der Waals surface area contributed by atoms with Gasteiger partial charge in [-0.2, -0.15) is 0 Å². The maximum atomic E-state index is 9.82. The normalized spacial score (nSPS) is 14.0. The van der Waals surface area contributed by atoms with Crippen molar-refractivity contribution in [3.05, 3.63) is 18.4 Å². The molecule has 1 aromatic heterocycles. The van der Waals surface area contributed by atoms with Gasteiger partial charge in [0.15, 0.2) is 20.5 Å². The Kier molecular flexibility index (Phi) is 5.17. The zero-order valence-corrected chi connectivity index (χ0v) is 11.3. The van der Waals surface area contributed by atoms with Crippen LogP contribution in [0.2, 0.25) is 18.1 Å². The second-order valence-electron chi connectivity index (χ2n) is 3.97. The molecule has 1 rings (SSSR count). The van der Waals surface area contributed by atoms with Crippen LogP contribution in [0.4, 0.5) is 0 Å². The monoisotopic (exact) mass is 243 g/mol. The summed E-state index contributed by atoms with van der Waals surface area (Å²) in [4.78, 5) is 3.78. The lowest BCUT2D eigenvalue weighted by Gasteiger charge is -2.28. The Balaban J connectivity index is 2.49. The van der Waals surface area contributed by atoms with Gasteiger partial charge >= 0.3 is 0 Å². The molecule has 0 bridgehead atoms. The van der Waals surface area contributed by atoms with E-state index in [9.17, 15) is 5.11 Å². The molecule has 0 fully saturated rings. The van der Waals surface area contributed by atoms with Gasteiger partial charge in [0, 0.05) is 0 Å². The minimum absolute atomic E-state index is 0.316. The van der Waals surface area contributed by atoms with Crippen molar-refractivity contribution in [3.8, 4) is 0 Å². The maximum absolute atomic E-state index is 9.82. The summed E-state index contributed by atoms with van der Waals surface area (Å²) >= 11 is 0. The van der Waals surface area contributed by atoms with E-state index in [2.05, 4.69) is 25.8 Å². The first kappa shape index (κ1) is 13.4. The van der Waals surface area contributed by atoms with E-state index in [4.69, 9.17) is 8.84 Å². The fourth-order valence-electron chi connectivity index (χ4n) is 1.78. The zero-order chi connectivity index (χ0) is 12.0. The summed E-state index contributed by atoms with van der Waals surface area (Å²) < 4.78 is 11.0. The number of aromatic nitrogens is 1. The number of oxazole rings is 1. The maximum Gasteiger partial charge on any atom is 0.192 e. The summed E-state index contributed by atoms with van der Waals surface area (Å²) in [6, 6.07) is 3.26. The van der Waals surface area contributed by atoms with Gasteiger partial charge in [0.05, 0.1) is 12.8 Å². The van der Waals surface area contributed by atoms with Crippen LogP contribution in [0.1, 0.15) is 32.6 Å². The Hall–Kier alpha value is -0.653. The third-order valence-corrected chi connectivity index (χ3v) is 7.91. The third kappa shape index (κ3) is 3.17. The van der Waals surface area contributed by atoms with Gasteiger partial charge in [-0.25, -0.2) is 4.98 Å². The average molecular weight is 243 g/mol. The van der Waals surface area contributed by atoms with Crippen molar-refractivity contribution in [1.82, 2.24) is 4.98 Å². The summed E-state index contributed by atoms with van der Waals surface area (Å²) in [7, 11) is -1.61. The fourth-order valence-corrected chi connectivity index (χ4v) is 4.41. The quantitative estimate of drug-likeness (QED) is 0.748. The molecule has 0 saturated heterocycles. The van der Waals surface area contributed by atoms with Crippen LogP contribution in [0, 0.1) is 0 Å². The Morgan fingerprint density at radius 2 is 2.00 bits per heavy atom. The number of aliphatic hydroxyl groups excluding tert-OH is 1. The molecule has 0 aromatic carbocycles. The van der Waals surface area contributed by atoms with Crippen molar-refractivity contribution < 1.29 is 13.9 Å². The lowest BCUT2D eigenvalue weighted by Crippen LogP contribution is -2.37. The number of hydrogen-bond donors (Lipinski definition) is 1. The van der Waals surface area contributed by atoms with Gasteiger partial charge < -0.3 is 13.9 Å². The molecule has 92 valence electrons. The number of rotatable bonds is 7. The van der Waals surface area contributed by atoms with Crippen LogP contribution in [-0.4, -0.2) is 25.0 Å². The topological polar surface area (TPSA) is 55.5 Å². The van der Waals surface area contributed by atoms with Gasteiger partial charge in [-0.3, -0.25) is 0 Å². The predicted molar refractivity (Wildman–Crippen MR) is 64.6 cm³/mol. The lowest BCUT2D eigenvalue weighted by atomic mass is 10.3. The Bertz CT molecular complexity index is 277. The van der Waals surface area contributed by atoms with Gasteiger partial charge in [0.1, 0.15) is 6.10 Å². The smallest absolute Gasteiger partial charge is 0.192 e. The average Bonchev–Trinajstić information content (AvgIpc) is 2.85. The first-order valence-electron chi connectivity index (χ1n) is 5.87. The first-order valence-corrected chi connectivity index (χ1v) is 8.40. The molecular weight excluding hydrogens is 222 g/mol. The van der Waals surface area contributed by atoms with Crippen molar-refractivity contribution in [1.29, 1.82) is 0 Å². The molecule has 1 heterocycles. The molecule has 16 heavy (non-hydrogen) atoms. The summed E-state index contributed by atoms with van der Waals surface area (Å²) in [5.74, 6) is 0.478. The second kappa shape index (κ2) is 6.17. The molecule has 0 aliphatic rings. The van der Waals surface area contributed by atoms with E-state index in [0.717, 1.165) is 18.1 Å². The molecule has 0 radical (unpaired) electrons. The lowest BCUT2D eigenvalue weighted by molar-refractivity contribution is 0.0835. The summed E-state index contributed by atoms with van der Waals surface area (Å²) in [5.41, 5.74) is 0. The highest BCUT2D eigenvalue weighted by Gasteiger charge is 2.29. The van der Waals surface area contributed by atoms with E-state index in [1.165, 1.54) is 12.6 Å². The van der Waals surface area contributed by atoms with Crippen LogP contribution in [0.15, 0.2) is 17.0 Å². The van der Waals surface area contributed by atoms with E-state index < -0.39 is 14.4 Å². The molecule has 5 heteroatoms. The molecule has 0 unspecified atom stereocenters. The highest BCUT2D eigenvalue weighted by Crippen LogP contribution is 2.23. The van der Waals surface area contributed by atoms with Gasteiger partial charge in [0.25, 0.3) is 0 Å². The minimum atomic E-state index is -1.61. The van der Waals surface area contributed by atoms with Crippen LogP contribution in [0.5, 0.6) is 0 Å². The molecule has 0 saturated carbocycles. The molecule has 0 aliphatic carbocycles. The van der Waals surface area contributed by atoms with Crippen molar-refractivity contribution in [2.45, 2.75) is 45.0 Å². The molecule has 1 aromatic rings. The van der Waals surface area contributed by atoms with Crippen molar-refractivity contribution >= 4 is 8.32 Å².